The highest BCUT2D eigenvalue weighted by Crippen LogP contribution is 2.37. The Labute approximate surface area is 174 Å². The minimum absolute atomic E-state index is 0.0965. The number of para-hydroxylation sites is 1. The maximum absolute atomic E-state index is 12.9. The van der Waals surface area contributed by atoms with E-state index < -0.39 is 5.92 Å². The molecule has 2 amide bonds. The number of ether oxygens (including phenoxy) is 2. The third-order valence-corrected chi connectivity index (χ3v) is 5.33. The topological polar surface area (TPSA) is 71.1 Å². The fourth-order valence-corrected chi connectivity index (χ4v) is 3.98. The number of halogens is 1. The second-order valence-corrected chi connectivity index (χ2v) is 7.66. The van der Waals surface area contributed by atoms with Gasteiger partial charge >= 0.3 is 0 Å². The Kier molecular flexibility index (Phi) is 5.24. The van der Waals surface area contributed by atoms with Crippen LogP contribution in [0.25, 0.3) is 0 Å². The van der Waals surface area contributed by atoms with Gasteiger partial charge in [-0.3, -0.25) is 9.59 Å². The molecule has 0 bridgehead atoms. The van der Waals surface area contributed by atoms with E-state index in [0.717, 1.165) is 5.69 Å². The predicted octanol–water partition coefficient (Wildman–Crippen LogP) is 3.17. The van der Waals surface area contributed by atoms with Gasteiger partial charge in [-0.2, -0.15) is 0 Å². The molecule has 1 saturated heterocycles. The summed E-state index contributed by atoms with van der Waals surface area (Å²) >= 11 is 6.27. The number of rotatable bonds is 4. The molecule has 1 fully saturated rings. The average molecular weight is 416 g/mol. The van der Waals surface area contributed by atoms with Gasteiger partial charge in [-0.1, -0.05) is 17.7 Å². The summed E-state index contributed by atoms with van der Waals surface area (Å²) in [6.07, 6.45) is 0.151. The molecule has 2 aliphatic rings. The molecule has 1 atom stereocenters. The molecule has 0 unspecified atom stereocenters. The molecule has 2 aliphatic heterocycles. The number of nitrogens with zero attached hydrogens (tertiary/aromatic N) is 2. The van der Waals surface area contributed by atoms with Crippen LogP contribution in [-0.2, 0) is 9.59 Å². The molecule has 0 spiro atoms. The van der Waals surface area contributed by atoms with Crippen LogP contribution in [0.4, 0.5) is 17.1 Å². The van der Waals surface area contributed by atoms with E-state index >= 15 is 0 Å². The van der Waals surface area contributed by atoms with E-state index in [1.807, 2.05) is 25.1 Å². The van der Waals surface area contributed by atoms with Crippen molar-refractivity contribution >= 4 is 40.5 Å². The first-order valence-electron chi connectivity index (χ1n) is 9.41. The van der Waals surface area contributed by atoms with Gasteiger partial charge in [0.25, 0.3) is 0 Å². The average Bonchev–Trinajstić information content (AvgIpc) is 3.09. The van der Waals surface area contributed by atoms with Crippen molar-refractivity contribution < 1.29 is 19.1 Å². The van der Waals surface area contributed by atoms with E-state index in [1.54, 1.807) is 35.2 Å². The first-order chi connectivity index (χ1) is 13.9. The first kappa shape index (κ1) is 19.4. The summed E-state index contributed by atoms with van der Waals surface area (Å²) in [7, 11) is 3.72. The van der Waals surface area contributed by atoms with Crippen molar-refractivity contribution in [3.8, 4) is 11.5 Å². The van der Waals surface area contributed by atoms with Gasteiger partial charge in [-0.05, 0) is 24.3 Å². The predicted molar refractivity (Wildman–Crippen MR) is 112 cm³/mol. The van der Waals surface area contributed by atoms with Gasteiger partial charge in [0.1, 0.15) is 13.2 Å². The second-order valence-electron chi connectivity index (χ2n) is 7.25. The fraction of sp³-hybridized carbons (Fsp3) is 0.333. The number of carbonyl (C=O) groups is 2. The molecule has 0 aliphatic carbocycles. The Morgan fingerprint density at radius 3 is 2.69 bits per heavy atom. The standard InChI is InChI=1S/C21H22ClN3O4/c1-24(2)20-15(22)4-3-5-16(20)23-21(27)13-10-19(26)25(12-13)14-6-7-17-18(11-14)29-9-8-28-17/h3-7,11,13H,8-10,12H2,1-2H3,(H,23,27)/t13-/m0/s1. The Bertz CT molecular complexity index is 963. The Hall–Kier alpha value is -2.93. The lowest BCUT2D eigenvalue weighted by atomic mass is 10.1. The molecule has 2 heterocycles. The lowest BCUT2D eigenvalue weighted by molar-refractivity contribution is -0.122. The fourth-order valence-electron chi connectivity index (χ4n) is 3.64. The van der Waals surface area contributed by atoms with Crippen LogP contribution in [0.3, 0.4) is 0 Å². The SMILES string of the molecule is CN(C)c1c(Cl)cccc1NC(=O)[C@H]1CC(=O)N(c2ccc3c(c2)OCCO3)C1. The molecule has 1 N–H and O–H groups in total. The van der Waals surface area contributed by atoms with Gasteiger partial charge in [0.15, 0.2) is 11.5 Å². The third-order valence-electron chi connectivity index (χ3n) is 5.03. The molecular weight excluding hydrogens is 394 g/mol. The van der Waals surface area contributed by atoms with Crippen LogP contribution in [0.5, 0.6) is 11.5 Å². The van der Waals surface area contributed by atoms with Crippen LogP contribution >= 0.6 is 11.6 Å². The van der Waals surface area contributed by atoms with Crippen LogP contribution < -0.4 is 24.6 Å². The largest absolute Gasteiger partial charge is 0.486 e. The molecule has 2 aromatic rings. The molecule has 152 valence electrons. The molecule has 4 rings (SSSR count). The van der Waals surface area contributed by atoms with E-state index in [9.17, 15) is 9.59 Å². The number of benzene rings is 2. The van der Waals surface area contributed by atoms with Crippen molar-refractivity contribution in [2.45, 2.75) is 6.42 Å². The maximum atomic E-state index is 12.9. The molecule has 0 saturated carbocycles. The van der Waals surface area contributed by atoms with Crippen molar-refractivity contribution in [3.05, 3.63) is 41.4 Å². The minimum atomic E-state index is -0.454. The third kappa shape index (κ3) is 3.82. The number of fused-ring (bicyclic) bond motifs is 1. The number of hydrogen-bond acceptors (Lipinski definition) is 5. The van der Waals surface area contributed by atoms with E-state index in [1.165, 1.54) is 0 Å². The molecule has 2 aromatic carbocycles. The Balaban J connectivity index is 1.50. The second kappa shape index (κ2) is 7.83. The lowest BCUT2D eigenvalue weighted by Gasteiger charge is -2.22. The minimum Gasteiger partial charge on any atom is -0.486 e. The van der Waals surface area contributed by atoms with Crippen LogP contribution in [0.15, 0.2) is 36.4 Å². The van der Waals surface area contributed by atoms with Crippen molar-refractivity contribution in [2.24, 2.45) is 5.92 Å². The lowest BCUT2D eigenvalue weighted by Crippen LogP contribution is -2.28. The normalized spacial score (nSPS) is 18.0. The van der Waals surface area contributed by atoms with Crippen molar-refractivity contribution in [3.63, 3.8) is 0 Å². The molecule has 29 heavy (non-hydrogen) atoms. The molecular formula is C21H22ClN3O4. The summed E-state index contributed by atoms with van der Waals surface area (Å²) in [5.41, 5.74) is 2.06. The Morgan fingerprint density at radius 1 is 1.17 bits per heavy atom. The van der Waals surface area contributed by atoms with Crippen LogP contribution in [0.2, 0.25) is 5.02 Å². The van der Waals surface area contributed by atoms with Crippen molar-refractivity contribution in [1.29, 1.82) is 0 Å². The number of hydrogen-bond donors (Lipinski definition) is 1. The Morgan fingerprint density at radius 2 is 1.93 bits per heavy atom. The quantitative estimate of drug-likeness (QED) is 0.830. The van der Waals surface area contributed by atoms with Gasteiger partial charge in [0.05, 0.1) is 22.3 Å². The van der Waals surface area contributed by atoms with E-state index in [2.05, 4.69) is 5.32 Å². The zero-order valence-corrected chi connectivity index (χ0v) is 17.0. The molecule has 0 radical (unpaired) electrons. The maximum Gasteiger partial charge on any atom is 0.229 e. The van der Waals surface area contributed by atoms with Crippen LogP contribution in [-0.4, -0.2) is 45.7 Å². The smallest absolute Gasteiger partial charge is 0.229 e. The van der Waals surface area contributed by atoms with E-state index in [-0.39, 0.29) is 18.2 Å². The van der Waals surface area contributed by atoms with Gasteiger partial charge in [-0.15, -0.1) is 0 Å². The van der Waals surface area contributed by atoms with E-state index in [4.69, 9.17) is 21.1 Å². The highest BCUT2D eigenvalue weighted by atomic mass is 35.5. The highest BCUT2D eigenvalue weighted by molar-refractivity contribution is 6.34. The highest BCUT2D eigenvalue weighted by Gasteiger charge is 2.36. The molecule has 8 heteroatoms. The van der Waals surface area contributed by atoms with Crippen molar-refractivity contribution in [2.75, 3.05) is 49.0 Å². The molecule has 7 nitrogen and oxygen atoms in total. The number of amides is 2. The summed E-state index contributed by atoms with van der Waals surface area (Å²) < 4.78 is 11.1. The van der Waals surface area contributed by atoms with Crippen LogP contribution in [0.1, 0.15) is 6.42 Å². The van der Waals surface area contributed by atoms with E-state index in [0.29, 0.717) is 47.7 Å². The van der Waals surface area contributed by atoms with Gasteiger partial charge < -0.3 is 24.6 Å². The summed E-state index contributed by atoms with van der Waals surface area (Å²) in [5.74, 6) is 0.524. The van der Waals surface area contributed by atoms with Gasteiger partial charge in [0, 0.05) is 38.8 Å². The number of anilines is 3. The van der Waals surface area contributed by atoms with Gasteiger partial charge in [-0.25, -0.2) is 0 Å². The summed E-state index contributed by atoms with van der Waals surface area (Å²) in [5, 5.41) is 3.48. The number of nitrogens with one attached hydrogen (secondary N) is 1. The summed E-state index contributed by atoms with van der Waals surface area (Å²) in [4.78, 5) is 28.9. The summed E-state index contributed by atoms with van der Waals surface area (Å²) in [6, 6.07) is 10.7. The summed E-state index contributed by atoms with van der Waals surface area (Å²) in [6.45, 7) is 1.29. The monoisotopic (exact) mass is 415 g/mol. The van der Waals surface area contributed by atoms with Crippen molar-refractivity contribution in [1.82, 2.24) is 0 Å². The first-order valence-corrected chi connectivity index (χ1v) is 9.78. The zero-order valence-electron chi connectivity index (χ0n) is 16.3. The van der Waals surface area contributed by atoms with Crippen LogP contribution in [0, 0.1) is 5.92 Å². The van der Waals surface area contributed by atoms with Gasteiger partial charge in [0.2, 0.25) is 11.8 Å². The number of carbonyl (C=O) groups excluding carboxylic acids is 2. The zero-order chi connectivity index (χ0) is 20.5. The molecule has 0 aromatic heterocycles.